The number of carbonyl (C=O) groups is 3. The number of unbranched alkanes of at least 4 members (excludes halogenated alkanes) is 1. The molecule has 2 N–H and O–H groups in total. The van der Waals surface area contributed by atoms with Crippen molar-refractivity contribution in [3.05, 3.63) is 40.3 Å². The van der Waals surface area contributed by atoms with E-state index in [4.69, 9.17) is 4.74 Å². The number of ether oxygens (including phenoxy) is 1. The van der Waals surface area contributed by atoms with E-state index >= 15 is 0 Å². The number of benzene rings is 1. The molecule has 0 spiro atoms. The standard InChI is InChI=1S/C20H26N4O5/c1-3-5-12-24-16-9-7-6-8-14(16)22-15(19(24)27)10-11-18(26)29-13-17(25)23-20(28)21-4-2/h6-9H,3-5,10-13H2,1-2H3,(H2,21,23,25,28). The molecule has 0 saturated heterocycles. The fourth-order valence-electron chi connectivity index (χ4n) is 2.75. The van der Waals surface area contributed by atoms with Gasteiger partial charge in [-0.25, -0.2) is 9.78 Å². The zero-order valence-electron chi connectivity index (χ0n) is 16.7. The minimum atomic E-state index is -0.727. The Labute approximate surface area is 168 Å². The molecule has 0 bridgehead atoms. The molecule has 0 aliphatic heterocycles. The number of carbonyl (C=O) groups excluding carboxylic acids is 3. The minimum Gasteiger partial charge on any atom is -0.456 e. The van der Waals surface area contributed by atoms with Gasteiger partial charge in [0.25, 0.3) is 11.5 Å². The summed E-state index contributed by atoms with van der Waals surface area (Å²) >= 11 is 0. The molecule has 0 saturated carbocycles. The van der Waals surface area contributed by atoms with Gasteiger partial charge in [0.15, 0.2) is 6.61 Å². The van der Waals surface area contributed by atoms with Crippen LogP contribution in [-0.4, -0.2) is 40.6 Å². The highest BCUT2D eigenvalue weighted by atomic mass is 16.5. The van der Waals surface area contributed by atoms with Gasteiger partial charge in [0.05, 0.1) is 17.5 Å². The molecule has 0 radical (unpaired) electrons. The van der Waals surface area contributed by atoms with Gasteiger partial charge < -0.3 is 14.6 Å². The van der Waals surface area contributed by atoms with Gasteiger partial charge in [-0.2, -0.15) is 0 Å². The van der Waals surface area contributed by atoms with Crippen molar-refractivity contribution >= 4 is 28.9 Å². The summed E-state index contributed by atoms with van der Waals surface area (Å²) in [5.74, 6) is -1.37. The average molecular weight is 402 g/mol. The van der Waals surface area contributed by atoms with Crippen molar-refractivity contribution in [1.29, 1.82) is 0 Å². The lowest BCUT2D eigenvalue weighted by Gasteiger charge is -2.12. The van der Waals surface area contributed by atoms with Crippen molar-refractivity contribution in [2.45, 2.75) is 46.1 Å². The molecule has 0 fully saturated rings. The lowest BCUT2D eigenvalue weighted by molar-refractivity contribution is -0.148. The van der Waals surface area contributed by atoms with Crippen molar-refractivity contribution in [2.75, 3.05) is 13.2 Å². The van der Waals surface area contributed by atoms with Crippen LogP contribution in [0.3, 0.4) is 0 Å². The van der Waals surface area contributed by atoms with E-state index in [1.54, 1.807) is 11.5 Å². The Balaban J connectivity index is 2.00. The Kier molecular flexibility index (Phi) is 8.32. The third-order valence-electron chi connectivity index (χ3n) is 4.18. The van der Waals surface area contributed by atoms with E-state index in [0.29, 0.717) is 18.6 Å². The van der Waals surface area contributed by atoms with Crippen molar-refractivity contribution in [1.82, 2.24) is 20.2 Å². The molecule has 2 aromatic rings. The average Bonchev–Trinajstić information content (AvgIpc) is 2.70. The fraction of sp³-hybridized carbons (Fsp3) is 0.450. The van der Waals surface area contributed by atoms with Gasteiger partial charge in [-0.1, -0.05) is 25.5 Å². The normalized spacial score (nSPS) is 10.6. The lowest BCUT2D eigenvalue weighted by Crippen LogP contribution is -2.41. The monoisotopic (exact) mass is 402 g/mol. The Morgan fingerprint density at radius 1 is 1.17 bits per heavy atom. The number of imide groups is 1. The van der Waals surface area contributed by atoms with Crippen LogP contribution in [0.5, 0.6) is 0 Å². The maximum atomic E-state index is 12.8. The van der Waals surface area contributed by atoms with Gasteiger partial charge in [-0.3, -0.25) is 19.7 Å². The van der Waals surface area contributed by atoms with Crippen LogP contribution in [0.4, 0.5) is 4.79 Å². The van der Waals surface area contributed by atoms with Crippen LogP contribution in [-0.2, 0) is 27.3 Å². The number of amides is 3. The van der Waals surface area contributed by atoms with Gasteiger partial charge >= 0.3 is 12.0 Å². The predicted molar refractivity (Wildman–Crippen MR) is 107 cm³/mol. The van der Waals surface area contributed by atoms with Gasteiger partial charge in [0, 0.05) is 19.5 Å². The zero-order chi connectivity index (χ0) is 21.2. The number of aromatic nitrogens is 2. The largest absolute Gasteiger partial charge is 0.456 e. The van der Waals surface area contributed by atoms with Crippen LogP contribution in [0.15, 0.2) is 29.1 Å². The number of nitrogens with one attached hydrogen (secondary N) is 2. The van der Waals surface area contributed by atoms with E-state index in [-0.39, 0.29) is 24.1 Å². The van der Waals surface area contributed by atoms with Crippen LogP contribution >= 0.6 is 0 Å². The number of rotatable bonds is 9. The predicted octanol–water partition coefficient (Wildman–Crippen LogP) is 1.52. The smallest absolute Gasteiger partial charge is 0.321 e. The second kappa shape index (κ2) is 10.9. The van der Waals surface area contributed by atoms with Gasteiger partial charge in [-0.15, -0.1) is 0 Å². The molecule has 0 atom stereocenters. The lowest BCUT2D eigenvalue weighted by atomic mass is 10.2. The molecule has 156 valence electrons. The van der Waals surface area contributed by atoms with Gasteiger partial charge in [0.1, 0.15) is 5.69 Å². The number of nitrogens with zero attached hydrogens (tertiary/aromatic N) is 2. The summed E-state index contributed by atoms with van der Waals surface area (Å²) < 4.78 is 6.55. The van der Waals surface area contributed by atoms with E-state index < -0.39 is 24.5 Å². The number of esters is 1. The van der Waals surface area contributed by atoms with Gasteiger partial charge in [-0.05, 0) is 25.5 Å². The molecule has 0 unspecified atom stereocenters. The number of hydrogen-bond donors (Lipinski definition) is 2. The number of aryl methyl sites for hydroxylation is 2. The second-order valence-corrected chi connectivity index (χ2v) is 6.43. The summed E-state index contributed by atoms with van der Waals surface area (Å²) in [6, 6.07) is 6.72. The number of hydrogen-bond acceptors (Lipinski definition) is 6. The summed E-state index contributed by atoms with van der Waals surface area (Å²) in [4.78, 5) is 51.9. The summed E-state index contributed by atoms with van der Waals surface area (Å²) in [5.41, 5.74) is 1.51. The van der Waals surface area contributed by atoms with E-state index in [9.17, 15) is 19.2 Å². The maximum Gasteiger partial charge on any atom is 0.321 e. The number of fused-ring (bicyclic) bond motifs is 1. The van der Waals surface area contributed by atoms with Crippen molar-refractivity contribution in [3.63, 3.8) is 0 Å². The highest BCUT2D eigenvalue weighted by Crippen LogP contribution is 2.12. The van der Waals surface area contributed by atoms with E-state index in [1.807, 2.05) is 36.5 Å². The van der Waals surface area contributed by atoms with Crippen LogP contribution in [0.1, 0.15) is 38.8 Å². The molecule has 1 aromatic heterocycles. The third kappa shape index (κ3) is 6.41. The first kappa shape index (κ1) is 22.1. The summed E-state index contributed by atoms with van der Waals surface area (Å²) in [6.07, 6.45) is 1.81. The highest BCUT2D eigenvalue weighted by Gasteiger charge is 2.14. The molecule has 3 amide bonds. The van der Waals surface area contributed by atoms with Crippen LogP contribution < -0.4 is 16.2 Å². The van der Waals surface area contributed by atoms with Crippen molar-refractivity contribution in [3.8, 4) is 0 Å². The first-order chi connectivity index (χ1) is 14.0. The second-order valence-electron chi connectivity index (χ2n) is 6.43. The molecule has 2 rings (SSSR count). The molecular formula is C20H26N4O5. The zero-order valence-corrected chi connectivity index (χ0v) is 16.7. The SMILES string of the molecule is CCCCn1c(=O)c(CCC(=O)OCC(=O)NC(=O)NCC)nc2ccccc21. The molecule has 0 aliphatic carbocycles. The Morgan fingerprint density at radius 2 is 1.93 bits per heavy atom. The highest BCUT2D eigenvalue weighted by molar-refractivity contribution is 5.95. The molecule has 1 heterocycles. The molecule has 0 aliphatic rings. The minimum absolute atomic E-state index is 0.0944. The van der Waals surface area contributed by atoms with E-state index in [2.05, 4.69) is 10.3 Å². The number of urea groups is 1. The van der Waals surface area contributed by atoms with E-state index in [1.165, 1.54) is 0 Å². The maximum absolute atomic E-state index is 12.8. The topological polar surface area (TPSA) is 119 Å². The Hall–Kier alpha value is -3.23. The van der Waals surface area contributed by atoms with Crippen LogP contribution in [0.2, 0.25) is 0 Å². The van der Waals surface area contributed by atoms with Crippen molar-refractivity contribution < 1.29 is 19.1 Å². The quantitative estimate of drug-likeness (QED) is 0.614. The molecular weight excluding hydrogens is 376 g/mol. The van der Waals surface area contributed by atoms with Crippen LogP contribution in [0, 0.1) is 0 Å². The Bertz CT molecular complexity index is 938. The summed E-state index contributed by atoms with van der Waals surface area (Å²) in [5, 5.41) is 4.43. The molecule has 9 heteroatoms. The third-order valence-corrected chi connectivity index (χ3v) is 4.18. The van der Waals surface area contributed by atoms with Crippen molar-refractivity contribution in [2.24, 2.45) is 0 Å². The first-order valence-corrected chi connectivity index (χ1v) is 9.68. The number of para-hydroxylation sites is 2. The molecule has 9 nitrogen and oxygen atoms in total. The molecule has 1 aromatic carbocycles. The first-order valence-electron chi connectivity index (χ1n) is 9.68. The Morgan fingerprint density at radius 3 is 2.66 bits per heavy atom. The fourth-order valence-corrected chi connectivity index (χ4v) is 2.75. The van der Waals surface area contributed by atoms with Crippen LogP contribution in [0.25, 0.3) is 11.0 Å². The summed E-state index contributed by atoms with van der Waals surface area (Å²) in [6.45, 7) is 4.14. The van der Waals surface area contributed by atoms with E-state index in [0.717, 1.165) is 18.4 Å². The summed E-state index contributed by atoms with van der Waals surface area (Å²) in [7, 11) is 0. The van der Waals surface area contributed by atoms with Gasteiger partial charge in [0.2, 0.25) is 0 Å². The molecule has 29 heavy (non-hydrogen) atoms.